The summed E-state index contributed by atoms with van der Waals surface area (Å²) >= 11 is 0. The Kier molecular flexibility index (Phi) is 2.66. The standard InChI is InChI=1S/C12H13F2NO2/c1-6-4-9(14)7(5-8(6)13)12(2-3-12)10(15)11(16)17/h4-5,10H,2-3,15H2,1H3,(H,16,17). The molecular formula is C12H13F2NO2. The second-order valence-electron chi connectivity index (χ2n) is 4.55. The molecule has 0 bridgehead atoms. The van der Waals surface area contributed by atoms with Gasteiger partial charge in [0.05, 0.1) is 0 Å². The number of hydrogen-bond donors (Lipinski definition) is 2. The maximum Gasteiger partial charge on any atom is 0.321 e. The Bertz CT molecular complexity index is 484. The summed E-state index contributed by atoms with van der Waals surface area (Å²) in [5, 5.41) is 8.89. The third kappa shape index (κ3) is 1.80. The first-order valence-electron chi connectivity index (χ1n) is 5.33. The van der Waals surface area contributed by atoms with Crippen molar-refractivity contribution in [3.8, 4) is 0 Å². The zero-order valence-electron chi connectivity index (χ0n) is 9.34. The van der Waals surface area contributed by atoms with Gasteiger partial charge in [-0.2, -0.15) is 0 Å². The predicted octanol–water partition coefficient (Wildman–Crippen LogP) is 1.72. The molecule has 0 saturated heterocycles. The van der Waals surface area contributed by atoms with Gasteiger partial charge in [-0.15, -0.1) is 0 Å². The number of carboxylic acids is 1. The van der Waals surface area contributed by atoms with Gasteiger partial charge in [-0.3, -0.25) is 4.79 Å². The van der Waals surface area contributed by atoms with E-state index in [1.807, 2.05) is 0 Å². The van der Waals surface area contributed by atoms with Gasteiger partial charge < -0.3 is 10.8 Å². The first-order valence-corrected chi connectivity index (χ1v) is 5.33. The number of carboxylic acid groups (broad SMARTS) is 1. The fourth-order valence-electron chi connectivity index (χ4n) is 2.15. The number of benzene rings is 1. The molecule has 1 atom stereocenters. The number of hydrogen-bond acceptors (Lipinski definition) is 2. The second kappa shape index (κ2) is 3.77. The number of rotatable bonds is 3. The molecule has 0 heterocycles. The first-order chi connectivity index (χ1) is 7.88. The third-order valence-corrected chi connectivity index (χ3v) is 3.43. The lowest BCUT2D eigenvalue weighted by atomic mass is 9.87. The highest BCUT2D eigenvalue weighted by atomic mass is 19.1. The summed E-state index contributed by atoms with van der Waals surface area (Å²) in [6.07, 6.45) is 0.944. The molecule has 0 aliphatic heterocycles. The molecule has 1 aliphatic carbocycles. The van der Waals surface area contributed by atoms with E-state index in [1.54, 1.807) is 0 Å². The maximum atomic E-state index is 13.8. The number of aliphatic carboxylic acids is 1. The topological polar surface area (TPSA) is 63.3 Å². The van der Waals surface area contributed by atoms with Crippen molar-refractivity contribution in [2.45, 2.75) is 31.2 Å². The summed E-state index contributed by atoms with van der Waals surface area (Å²) < 4.78 is 27.2. The Labute approximate surface area is 97.2 Å². The van der Waals surface area contributed by atoms with Crippen LogP contribution < -0.4 is 5.73 Å². The van der Waals surface area contributed by atoms with Gasteiger partial charge in [-0.05, 0) is 43.0 Å². The van der Waals surface area contributed by atoms with E-state index in [9.17, 15) is 13.6 Å². The molecule has 1 saturated carbocycles. The molecule has 1 unspecified atom stereocenters. The molecule has 17 heavy (non-hydrogen) atoms. The largest absolute Gasteiger partial charge is 0.480 e. The smallest absolute Gasteiger partial charge is 0.321 e. The third-order valence-electron chi connectivity index (χ3n) is 3.43. The minimum Gasteiger partial charge on any atom is -0.480 e. The van der Waals surface area contributed by atoms with E-state index in [-0.39, 0.29) is 11.1 Å². The maximum absolute atomic E-state index is 13.8. The van der Waals surface area contributed by atoms with Gasteiger partial charge >= 0.3 is 5.97 Å². The molecule has 0 radical (unpaired) electrons. The Morgan fingerprint density at radius 2 is 2.00 bits per heavy atom. The van der Waals surface area contributed by atoms with E-state index in [0.29, 0.717) is 12.8 Å². The summed E-state index contributed by atoms with van der Waals surface area (Å²) in [5.74, 6) is -2.31. The van der Waals surface area contributed by atoms with Crippen LogP contribution in [0.4, 0.5) is 8.78 Å². The average Bonchev–Trinajstić information content (AvgIpc) is 3.03. The van der Waals surface area contributed by atoms with Crippen LogP contribution in [-0.2, 0) is 10.2 Å². The predicted molar refractivity (Wildman–Crippen MR) is 57.6 cm³/mol. The molecule has 0 spiro atoms. The summed E-state index contributed by atoms with van der Waals surface area (Å²) in [5.41, 5.74) is 4.90. The number of nitrogens with two attached hydrogens (primary N) is 1. The Balaban J connectivity index is 2.47. The monoisotopic (exact) mass is 241 g/mol. The molecule has 0 aromatic heterocycles. The SMILES string of the molecule is Cc1cc(F)c(C2(C(N)C(=O)O)CC2)cc1F. The molecule has 2 rings (SSSR count). The van der Waals surface area contributed by atoms with Crippen molar-refractivity contribution in [1.29, 1.82) is 0 Å². The molecule has 5 heteroatoms. The molecular weight excluding hydrogens is 228 g/mol. The number of halogens is 2. The molecule has 1 aliphatic rings. The van der Waals surface area contributed by atoms with Crippen molar-refractivity contribution in [3.05, 3.63) is 34.9 Å². The fourth-order valence-corrected chi connectivity index (χ4v) is 2.15. The van der Waals surface area contributed by atoms with E-state index in [4.69, 9.17) is 10.8 Å². The fraction of sp³-hybridized carbons (Fsp3) is 0.417. The van der Waals surface area contributed by atoms with Gasteiger partial charge in [-0.25, -0.2) is 8.78 Å². The zero-order chi connectivity index (χ0) is 12.8. The summed E-state index contributed by atoms with van der Waals surface area (Å²) in [6.45, 7) is 1.46. The lowest BCUT2D eigenvalue weighted by molar-refractivity contribution is -0.139. The Morgan fingerprint density at radius 1 is 1.41 bits per heavy atom. The molecule has 1 aromatic carbocycles. The van der Waals surface area contributed by atoms with Crippen LogP contribution in [0.1, 0.15) is 24.0 Å². The molecule has 92 valence electrons. The normalized spacial score (nSPS) is 18.8. The van der Waals surface area contributed by atoms with Crippen molar-refractivity contribution in [2.75, 3.05) is 0 Å². The Hall–Kier alpha value is -1.49. The van der Waals surface area contributed by atoms with Gasteiger partial charge in [0.15, 0.2) is 0 Å². The van der Waals surface area contributed by atoms with Crippen molar-refractivity contribution in [3.63, 3.8) is 0 Å². The summed E-state index contributed by atoms with van der Waals surface area (Å²) in [7, 11) is 0. The molecule has 0 amide bonds. The summed E-state index contributed by atoms with van der Waals surface area (Å²) in [4.78, 5) is 10.9. The lowest BCUT2D eigenvalue weighted by Crippen LogP contribution is -2.42. The lowest BCUT2D eigenvalue weighted by Gasteiger charge is -2.21. The van der Waals surface area contributed by atoms with E-state index >= 15 is 0 Å². The van der Waals surface area contributed by atoms with Crippen LogP contribution in [-0.4, -0.2) is 17.1 Å². The van der Waals surface area contributed by atoms with Gasteiger partial charge in [0.25, 0.3) is 0 Å². The van der Waals surface area contributed by atoms with E-state index < -0.39 is 29.1 Å². The molecule has 3 N–H and O–H groups in total. The van der Waals surface area contributed by atoms with Crippen LogP contribution in [0.2, 0.25) is 0 Å². The van der Waals surface area contributed by atoms with Gasteiger partial charge in [0, 0.05) is 5.41 Å². The van der Waals surface area contributed by atoms with Gasteiger partial charge in [-0.1, -0.05) is 0 Å². The van der Waals surface area contributed by atoms with E-state index in [0.717, 1.165) is 12.1 Å². The molecule has 1 aromatic rings. The quantitative estimate of drug-likeness (QED) is 0.846. The van der Waals surface area contributed by atoms with Gasteiger partial charge in [0.2, 0.25) is 0 Å². The highest BCUT2D eigenvalue weighted by Crippen LogP contribution is 2.51. The highest BCUT2D eigenvalue weighted by Gasteiger charge is 2.53. The number of carbonyl (C=O) groups is 1. The van der Waals surface area contributed by atoms with Crippen LogP contribution >= 0.6 is 0 Å². The minimum absolute atomic E-state index is 0.0792. The van der Waals surface area contributed by atoms with Crippen LogP contribution in [0.5, 0.6) is 0 Å². The van der Waals surface area contributed by atoms with Crippen LogP contribution in [0.3, 0.4) is 0 Å². The van der Waals surface area contributed by atoms with E-state index in [2.05, 4.69) is 0 Å². The van der Waals surface area contributed by atoms with Crippen molar-refractivity contribution in [2.24, 2.45) is 5.73 Å². The van der Waals surface area contributed by atoms with Crippen LogP contribution in [0.15, 0.2) is 12.1 Å². The average molecular weight is 241 g/mol. The molecule has 1 fully saturated rings. The van der Waals surface area contributed by atoms with Crippen molar-refractivity contribution in [1.82, 2.24) is 0 Å². The van der Waals surface area contributed by atoms with Crippen LogP contribution in [0.25, 0.3) is 0 Å². The highest BCUT2D eigenvalue weighted by molar-refractivity contribution is 5.77. The Morgan fingerprint density at radius 3 is 2.47 bits per heavy atom. The zero-order valence-corrected chi connectivity index (χ0v) is 9.34. The second-order valence-corrected chi connectivity index (χ2v) is 4.55. The number of aryl methyl sites for hydroxylation is 1. The first kappa shape index (κ1) is 12.0. The van der Waals surface area contributed by atoms with Crippen LogP contribution in [0, 0.1) is 18.6 Å². The van der Waals surface area contributed by atoms with Gasteiger partial charge in [0.1, 0.15) is 17.7 Å². The van der Waals surface area contributed by atoms with Crippen molar-refractivity contribution >= 4 is 5.97 Å². The van der Waals surface area contributed by atoms with E-state index in [1.165, 1.54) is 6.92 Å². The summed E-state index contributed by atoms with van der Waals surface area (Å²) in [6, 6.07) is 0.957. The van der Waals surface area contributed by atoms with Crippen molar-refractivity contribution < 1.29 is 18.7 Å². The molecule has 3 nitrogen and oxygen atoms in total. The minimum atomic E-state index is -1.20.